The van der Waals surface area contributed by atoms with Crippen LogP contribution in [0.4, 0.5) is 0 Å². The second kappa shape index (κ2) is 13.6. The van der Waals surface area contributed by atoms with E-state index >= 15 is 0 Å². The summed E-state index contributed by atoms with van der Waals surface area (Å²) in [7, 11) is 0. The molecule has 3 N–H and O–H groups in total. The Morgan fingerprint density at radius 3 is 2.06 bits per heavy atom. The fourth-order valence-electron chi connectivity index (χ4n) is 3.24. The normalized spacial score (nSPS) is 14.5. The van der Waals surface area contributed by atoms with Crippen molar-refractivity contribution in [2.45, 2.75) is 84.8 Å². The lowest BCUT2D eigenvalue weighted by atomic mass is 9.87. The first-order valence-electron chi connectivity index (χ1n) is 11.3. The van der Waals surface area contributed by atoms with Gasteiger partial charge in [0.05, 0.1) is 12.0 Å². The highest BCUT2D eigenvalue weighted by Gasteiger charge is 2.30. The third-order valence-electron chi connectivity index (χ3n) is 5.17. The van der Waals surface area contributed by atoms with E-state index in [0.29, 0.717) is 12.0 Å². The molecule has 0 radical (unpaired) electrons. The summed E-state index contributed by atoms with van der Waals surface area (Å²) in [5.41, 5.74) is 6.41. The van der Waals surface area contributed by atoms with Gasteiger partial charge in [-0.1, -0.05) is 40.2 Å². The summed E-state index contributed by atoms with van der Waals surface area (Å²) in [6, 6.07) is 3.12. The Labute approximate surface area is 194 Å². The first-order valence-corrected chi connectivity index (χ1v) is 11.3. The van der Waals surface area contributed by atoms with Crippen LogP contribution in [0.15, 0.2) is 18.2 Å². The van der Waals surface area contributed by atoms with E-state index in [1.165, 1.54) is 12.1 Å². The van der Waals surface area contributed by atoms with E-state index < -0.39 is 36.0 Å². The van der Waals surface area contributed by atoms with E-state index in [1.807, 2.05) is 6.92 Å². The third kappa shape index (κ3) is 8.84. The van der Waals surface area contributed by atoms with Gasteiger partial charge in [-0.15, -0.1) is 0 Å². The molecule has 1 rings (SSSR count). The van der Waals surface area contributed by atoms with E-state index in [1.54, 1.807) is 33.8 Å². The number of hydrogen-bond acceptors (Lipinski definition) is 8. The second-order valence-electron chi connectivity index (χ2n) is 8.00. The van der Waals surface area contributed by atoms with Gasteiger partial charge in [-0.2, -0.15) is 0 Å². The Kier molecular flexibility index (Phi) is 11.6. The van der Waals surface area contributed by atoms with Crippen LogP contribution in [0.3, 0.4) is 0 Å². The average Bonchev–Trinajstić information content (AvgIpc) is 2.77. The van der Waals surface area contributed by atoms with Gasteiger partial charge in [-0.25, -0.2) is 0 Å². The summed E-state index contributed by atoms with van der Waals surface area (Å²) in [5, 5.41) is 9.54. The maximum Gasteiger partial charge on any atom is 0.321 e. The molecule has 0 heterocycles. The van der Waals surface area contributed by atoms with Gasteiger partial charge in [0.1, 0.15) is 6.04 Å². The van der Waals surface area contributed by atoms with Gasteiger partial charge in [-0.3, -0.25) is 19.2 Å². The zero-order valence-corrected chi connectivity index (χ0v) is 20.0. The van der Waals surface area contributed by atoms with Crippen molar-refractivity contribution < 1.29 is 38.5 Å². The van der Waals surface area contributed by atoms with Crippen molar-refractivity contribution in [3.05, 3.63) is 23.8 Å². The summed E-state index contributed by atoms with van der Waals surface area (Å²) in [4.78, 5) is 47.6. The van der Waals surface area contributed by atoms with E-state index in [2.05, 4.69) is 0 Å². The molecule has 0 aromatic heterocycles. The van der Waals surface area contributed by atoms with Gasteiger partial charge >= 0.3 is 23.9 Å². The number of hydrogen-bond donors (Lipinski definition) is 2. The molecule has 0 amide bonds. The molecule has 1 aromatic rings. The van der Waals surface area contributed by atoms with Crippen LogP contribution in [-0.2, 0) is 23.9 Å². The van der Waals surface area contributed by atoms with E-state index in [9.17, 15) is 24.3 Å². The molecule has 33 heavy (non-hydrogen) atoms. The number of esters is 3. The molecular weight excluding hydrogens is 430 g/mol. The average molecular weight is 466 g/mol. The van der Waals surface area contributed by atoms with Crippen molar-refractivity contribution in [3.63, 3.8) is 0 Å². The maximum absolute atomic E-state index is 12.3. The topological polar surface area (TPSA) is 142 Å². The number of rotatable bonds is 13. The van der Waals surface area contributed by atoms with Crippen LogP contribution in [0.2, 0.25) is 0 Å². The molecule has 9 nitrogen and oxygen atoms in total. The summed E-state index contributed by atoms with van der Waals surface area (Å²) in [5.74, 6) is -3.64. The van der Waals surface area contributed by atoms with Gasteiger partial charge < -0.3 is 25.1 Å². The monoisotopic (exact) mass is 465 g/mol. The number of carboxylic acid groups (broad SMARTS) is 1. The zero-order valence-electron chi connectivity index (χ0n) is 20.0. The lowest BCUT2D eigenvalue weighted by Gasteiger charge is -2.26. The van der Waals surface area contributed by atoms with Crippen molar-refractivity contribution in [2.24, 2.45) is 11.7 Å². The Bertz CT molecular complexity index is 838. The van der Waals surface area contributed by atoms with Crippen LogP contribution < -0.4 is 15.2 Å². The van der Waals surface area contributed by atoms with Crippen molar-refractivity contribution in [2.75, 3.05) is 0 Å². The van der Waals surface area contributed by atoms with Crippen molar-refractivity contribution >= 4 is 23.9 Å². The first-order chi connectivity index (χ1) is 15.5. The highest BCUT2D eigenvalue weighted by atomic mass is 16.6. The molecule has 0 fully saturated rings. The van der Waals surface area contributed by atoms with Crippen LogP contribution in [-0.4, -0.2) is 41.1 Å². The molecule has 184 valence electrons. The van der Waals surface area contributed by atoms with Crippen molar-refractivity contribution in [1.29, 1.82) is 0 Å². The first kappa shape index (κ1) is 28.1. The largest absolute Gasteiger partial charge is 0.480 e. The van der Waals surface area contributed by atoms with Crippen molar-refractivity contribution in [3.8, 4) is 11.5 Å². The van der Waals surface area contributed by atoms with Crippen LogP contribution in [0.1, 0.15) is 78.2 Å². The molecule has 0 aliphatic carbocycles. The molecule has 0 aliphatic rings. The van der Waals surface area contributed by atoms with Gasteiger partial charge in [-0.05, 0) is 37.5 Å². The predicted octanol–water partition coefficient (Wildman–Crippen LogP) is 3.57. The fraction of sp³-hybridized carbons (Fsp3) is 0.583. The molecule has 0 aliphatic heterocycles. The molecule has 4 atom stereocenters. The standard InChI is InChI=1S/C24H35NO8/c1-6-9-14(4)24(30)31-15(5)12-17(22(25)23(28)29)16-10-11-18(32-20(26)7-2)19(13-16)33-21(27)8-3/h10-11,13-15,17,22H,6-9,12,25H2,1-5H3,(H,28,29)/t14?,15?,17?,22-/m0/s1. The predicted molar refractivity (Wildman–Crippen MR) is 121 cm³/mol. The zero-order chi connectivity index (χ0) is 25.1. The van der Waals surface area contributed by atoms with E-state index in [0.717, 1.165) is 6.42 Å². The minimum absolute atomic E-state index is 0.00930. The second-order valence-corrected chi connectivity index (χ2v) is 8.00. The number of aliphatic carboxylic acids is 1. The molecule has 1 aromatic carbocycles. The fourth-order valence-corrected chi connectivity index (χ4v) is 3.24. The summed E-state index contributed by atoms with van der Waals surface area (Å²) in [6.45, 7) is 8.67. The number of carboxylic acids is 1. The minimum atomic E-state index is -1.31. The lowest BCUT2D eigenvalue weighted by Crippen LogP contribution is -2.38. The van der Waals surface area contributed by atoms with Crippen LogP contribution in [0.5, 0.6) is 11.5 Å². The Hall–Kier alpha value is -2.94. The van der Waals surface area contributed by atoms with Crippen LogP contribution in [0.25, 0.3) is 0 Å². The summed E-state index contributed by atoms with van der Waals surface area (Å²) < 4.78 is 16.0. The Balaban J connectivity index is 3.25. The van der Waals surface area contributed by atoms with Gasteiger partial charge in [0.25, 0.3) is 0 Å². The highest BCUT2D eigenvalue weighted by Crippen LogP contribution is 2.35. The molecule has 9 heteroatoms. The number of carbonyl (C=O) groups excluding carboxylic acids is 3. The molecule has 0 saturated carbocycles. The highest BCUT2D eigenvalue weighted by molar-refractivity contribution is 5.77. The number of benzene rings is 1. The number of carbonyl (C=O) groups is 4. The molecule has 0 spiro atoms. The van der Waals surface area contributed by atoms with Crippen LogP contribution in [0, 0.1) is 5.92 Å². The lowest BCUT2D eigenvalue weighted by molar-refractivity contribution is -0.153. The molecular formula is C24H35NO8. The maximum atomic E-state index is 12.3. The molecule has 3 unspecified atom stereocenters. The Morgan fingerprint density at radius 2 is 1.55 bits per heavy atom. The van der Waals surface area contributed by atoms with Crippen LogP contribution >= 0.6 is 0 Å². The SMILES string of the molecule is CCCC(C)C(=O)OC(C)CC(c1ccc(OC(=O)CC)c(OC(=O)CC)c1)[C@H](N)C(=O)O. The minimum Gasteiger partial charge on any atom is -0.480 e. The van der Waals surface area contributed by atoms with E-state index in [-0.39, 0.29) is 42.6 Å². The molecule has 0 saturated heterocycles. The summed E-state index contributed by atoms with van der Waals surface area (Å²) in [6.07, 6.45) is 1.26. The number of ether oxygens (including phenoxy) is 3. The molecule has 0 bridgehead atoms. The Morgan fingerprint density at radius 1 is 0.970 bits per heavy atom. The van der Waals surface area contributed by atoms with Crippen molar-refractivity contribution in [1.82, 2.24) is 0 Å². The smallest absolute Gasteiger partial charge is 0.321 e. The summed E-state index contributed by atoms with van der Waals surface area (Å²) >= 11 is 0. The van der Waals surface area contributed by atoms with E-state index in [4.69, 9.17) is 19.9 Å². The van der Waals surface area contributed by atoms with Gasteiger partial charge in [0.15, 0.2) is 11.5 Å². The third-order valence-corrected chi connectivity index (χ3v) is 5.17. The van der Waals surface area contributed by atoms with Gasteiger partial charge in [0.2, 0.25) is 0 Å². The quantitative estimate of drug-likeness (QED) is 0.330. The number of nitrogens with two attached hydrogens (primary N) is 1. The van der Waals surface area contributed by atoms with Gasteiger partial charge in [0, 0.05) is 18.8 Å².